The number of nitrogens with zero attached hydrogens (tertiary/aromatic N) is 3. The van der Waals surface area contributed by atoms with Crippen LogP contribution in [0.25, 0.3) is 0 Å². The predicted octanol–water partition coefficient (Wildman–Crippen LogP) is 1.16. The minimum atomic E-state index is -0.330. The van der Waals surface area contributed by atoms with Crippen LogP contribution in [-0.4, -0.2) is 78.2 Å². The molecule has 3 atom stereocenters. The van der Waals surface area contributed by atoms with E-state index in [1.165, 1.54) is 0 Å². The van der Waals surface area contributed by atoms with Crippen molar-refractivity contribution in [3.05, 3.63) is 52.6 Å². The molecule has 2 aromatic rings. The van der Waals surface area contributed by atoms with Crippen molar-refractivity contribution >= 4 is 23.6 Å². The van der Waals surface area contributed by atoms with E-state index in [1.807, 2.05) is 25.2 Å². The number of aryl methyl sites for hydroxylation is 2. The monoisotopic (exact) mass is 497 g/mol. The van der Waals surface area contributed by atoms with E-state index in [4.69, 9.17) is 14.3 Å². The van der Waals surface area contributed by atoms with Gasteiger partial charge in [0.25, 0.3) is 5.91 Å². The van der Waals surface area contributed by atoms with Crippen LogP contribution in [0.3, 0.4) is 0 Å². The lowest BCUT2D eigenvalue weighted by atomic mass is 10.0. The highest BCUT2D eigenvalue weighted by Gasteiger charge is 2.35. The van der Waals surface area contributed by atoms with Crippen LogP contribution in [0.5, 0.6) is 0 Å². The molecule has 1 aromatic carbocycles. The Hall–Kier alpha value is -3.41. The van der Waals surface area contributed by atoms with Crippen molar-refractivity contribution in [1.82, 2.24) is 15.3 Å². The summed E-state index contributed by atoms with van der Waals surface area (Å²) in [5, 5.41) is 19.4. The zero-order chi connectivity index (χ0) is 25.5. The SMILES string of the molecule is CNc1cc(CNC(=O)c2cc(C3=NOC(C4COC(CO)CO4)C3)nc(C)n2)ccc1CCC=O. The van der Waals surface area contributed by atoms with Crippen molar-refractivity contribution in [3.8, 4) is 0 Å². The predicted molar refractivity (Wildman–Crippen MR) is 131 cm³/mol. The summed E-state index contributed by atoms with van der Waals surface area (Å²) in [4.78, 5) is 37.9. The maximum atomic E-state index is 12.9. The molecule has 11 heteroatoms. The first-order valence-corrected chi connectivity index (χ1v) is 11.9. The van der Waals surface area contributed by atoms with Gasteiger partial charge in [-0.15, -0.1) is 0 Å². The number of aromatic nitrogens is 2. The van der Waals surface area contributed by atoms with Gasteiger partial charge in [-0.05, 0) is 36.6 Å². The van der Waals surface area contributed by atoms with Gasteiger partial charge in [0.15, 0.2) is 6.10 Å². The van der Waals surface area contributed by atoms with Crippen molar-refractivity contribution in [3.63, 3.8) is 0 Å². The number of ether oxygens (including phenoxy) is 2. The van der Waals surface area contributed by atoms with Gasteiger partial charge < -0.3 is 34.8 Å². The Labute approximate surface area is 209 Å². The Morgan fingerprint density at radius 2 is 2.06 bits per heavy atom. The molecule has 3 unspecified atom stereocenters. The van der Waals surface area contributed by atoms with Gasteiger partial charge in [0.05, 0.1) is 25.5 Å². The number of anilines is 1. The molecule has 1 aromatic heterocycles. The molecule has 3 N–H and O–H groups in total. The van der Waals surface area contributed by atoms with Gasteiger partial charge in [0.2, 0.25) is 0 Å². The summed E-state index contributed by atoms with van der Waals surface area (Å²) >= 11 is 0. The minimum Gasteiger partial charge on any atom is -0.394 e. The van der Waals surface area contributed by atoms with Crippen molar-refractivity contribution in [2.24, 2.45) is 5.16 Å². The number of benzene rings is 1. The number of nitrogens with one attached hydrogen (secondary N) is 2. The highest BCUT2D eigenvalue weighted by Crippen LogP contribution is 2.23. The van der Waals surface area contributed by atoms with Gasteiger partial charge in [-0.3, -0.25) is 4.79 Å². The number of aliphatic hydroxyl groups excluding tert-OH is 1. The number of aliphatic hydroxyl groups is 1. The third-order valence-electron chi connectivity index (χ3n) is 6.10. The molecule has 11 nitrogen and oxygen atoms in total. The van der Waals surface area contributed by atoms with Gasteiger partial charge >= 0.3 is 0 Å². The molecule has 36 heavy (non-hydrogen) atoms. The Morgan fingerprint density at radius 1 is 1.19 bits per heavy atom. The molecule has 2 aliphatic heterocycles. The summed E-state index contributed by atoms with van der Waals surface area (Å²) in [6.45, 7) is 2.56. The molecule has 2 aliphatic rings. The average molecular weight is 498 g/mol. The third kappa shape index (κ3) is 6.23. The van der Waals surface area contributed by atoms with Gasteiger partial charge in [-0.25, -0.2) is 9.97 Å². The van der Waals surface area contributed by atoms with Gasteiger partial charge in [0.1, 0.15) is 35.7 Å². The lowest BCUT2D eigenvalue weighted by Gasteiger charge is -2.30. The van der Waals surface area contributed by atoms with Crippen LogP contribution in [-0.2, 0) is 32.1 Å². The van der Waals surface area contributed by atoms with Crippen molar-refractivity contribution in [2.45, 2.75) is 51.0 Å². The maximum Gasteiger partial charge on any atom is 0.270 e. The smallest absolute Gasteiger partial charge is 0.270 e. The summed E-state index contributed by atoms with van der Waals surface area (Å²) in [5.74, 6) is 0.122. The van der Waals surface area contributed by atoms with Crippen LogP contribution in [0.1, 0.15) is 46.0 Å². The van der Waals surface area contributed by atoms with Crippen LogP contribution in [0, 0.1) is 6.92 Å². The van der Waals surface area contributed by atoms with Crippen molar-refractivity contribution in [2.75, 3.05) is 32.2 Å². The number of hydrogen-bond acceptors (Lipinski definition) is 10. The van der Waals surface area contributed by atoms with E-state index in [1.54, 1.807) is 13.0 Å². The first-order chi connectivity index (χ1) is 17.5. The summed E-state index contributed by atoms with van der Waals surface area (Å²) in [5.41, 5.74) is 4.27. The molecule has 0 bridgehead atoms. The lowest BCUT2D eigenvalue weighted by Crippen LogP contribution is -2.43. The number of carbonyl (C=O) groups excluding carboxylic acids is 2. The first-order valence-electron chi connectivity index (χ1n) is 11.9. The Morgan fingerprint density at radius 3 is 2.78 bits per heavy atom. The Kier molecular flexibility index (Phi) is 8.57. The van der Waals surface area contributed by atoms with E-state index in [0.29, 0.717) is 56.3 Å². The van der Waals surface area contributed by atoms with E-state index >= 15 is 0 Å². The molecule has 1 saturated heterocycles. The summed E-state index contributed by atoms with van der Waals surface area (Å²) < 4.78 is 11.3. The van der Waals surface area contributed by atoms with E-state index < -0.39 is 0 Å². The normalized spacial score (nSPS) is 21.4. The van der Waals surface area contributed by atoms with Crippen LogP contribution >= 0.6 is 0 Å². The van der Waals surface area contributed by atoms with Gasteiger partial charge in [-0.2, -0.15) is 0 Å². The second-order valence-electron chi connectivity index (χ2n) is 8.71. The molecule has 3 heterocycles. The fourth-order valence-corrected chi connectivity index (χ4v) is 4.13. The van der Waals surface area contributed by atoms with Crippen molar-refractivity contribution < 1.29 is 29.0 Å². The lowest BCUT2D eigenvalue weighted by molar-refractivity contribution is -0.178. The first kappa shape index (κ1) is 25.7. The molecular formula is C25H31N5O6. The molecule has 1 fully saturated rings. The van der Waals surface area contributed by atoms with Crippen LogP contribution in [0.4, 0.5) is 5.69 Å². The summed E-state index contributed by atoms with van der Waals surface area (Å²) in [6, 6.07) is 7.46. The third-order valence-corrected chi connectivity index (χ3v) is 6.10. The molecule has 0 aliphatic carbocycles. The Bertz CT molecular complexity index is 1120. The standard InChI is InChI=1S/C25H31N5O6/c1-15-28-20(21-10-23(36-30-21)24-14-34-18(12-32)13-35-24)9-22(29-15)25(33)27-11-16-5-6-17(4-3-7-31)19(8-16)26-2/h5-9,18,23-24,26,32H,3-4,10-14H2,1-2H3,(H,27,33). The number of oxime groups is 1. The highest BCUT2D eigenvalue weighted by molar-refractivity contribution is 6.02. The largest absolute Gasteiger partial charge is 0.394 e. The summed E-state index contributed by atoms with van der Waals surface area (Å²) in [6.07, 6.45) is 1.53. The zero-order valence-corrected chi connectivity index (χ0v) is 20.4. The van der Waals surface area contributed by atoms with Crippen LogP contribution in [0.2, 0.25) is 0 Å². The van der Waals surface area contributed by atoms with E-state index in [2.05, 4.69) is 25.8 Å². The highest BCUT2D eigenvalue weighted by atomic mass is 16.7. The second-order valence-corrected chi connectivity index (χ2v) is 8.71. The average Bonchev–Trinajstić information content (AvgIpc) is 3.41. The molecular weight excluding hydrogens is 466 g/mol. The Balaban J connectivity index is 1.37. The molecule has 4 rings (SSSR count). The zero-order valence-electron chi connectivity index (χ0n) is 20.4. The van der Waals surface area contributed by atoms with Crippen LogP contribution < -0.4 is 10.6 Å². The second kappa shape index (κ2) is 12.0. The number of carbonyl (C=O) groups is 2. The number of hydrogen-bond donors (Lipinski definition) is 3. The van der Waals surface area contributed by atoms with Gasteiger partial charge in [-0.1, -0.05) is 17.3 Å². The fourth-order valence-electron chi connectivity index (χ4n) is 4.13. The van der Waals surface area contributed by atoms with E-state index in [9.17, 15) is 14.7 Å². The molecule has 1 amide bonds. The van der Waals surface area contributed by atoms with Crippen molar-refractivity contribution in [1.29, 1.82) is 0 Å². The molecule has 0 spiro atoms. The summed E-state index contributed by atoms with van der Waals surface area (Å²) in [7, 11) is 1.83. The molecule has 0 radical (unpaired) electrons. The number of aldehydes is 1. The minimum absolute atomic E-state index is 0.0889. The van der Waals surface area contributed by atoms with E-state index in [0.717, 1.165) is 23.1 Å². The molecule has 0 saturated carbocycles. The topological polar surface area (TPSA) is 144 Å². The maximum absolute atomic E-state index is 12.9. The fraction of sp³-hybridized carbons (Fsp3) is 0.480. The van der Waals surface area contributed by atoms with Gasteiger partial charge in [0, 0.05) is 32.1 Å². The number of rotatable bonds is 10. The molecule has 192 valence electrons. The number of amides is 1. The van der Waals surface area contributed by atoms with Crippen LogP contribution in [0.15, 0.2) is 29.4 Å². The van der Waals surface area contributed by atoms with E-state index in [-0.39, 0.29) is 36.5 Å². The quantitative estimate of drug-likeness (QED) is 0.412.